The molecule has 0 saturated heterocycles. The lowest BCUT2D eigenvalue weighted by Gasteiger charge is -2.18. The predicted octanol–water partition coefficient (Wildman–Crippen LogP) is 4.18. The van der Waals surface area contributed by atoms with Crippen LogP contribution >= 0.6 is 34.5 Å². The molecule has 1 unspecified atom stereocenters. The van der Waals surface area contributed by atoms with E-state index in [2.05, 4.69) is 5.32 Å². The van der Waals surface area contributed by atoms with Crippen LogP contribution in [0, 0.1) is 6.92 Å². The fourth-order valence-electron chi connectivity index (χ4n) is 2.04. The van der Waals surface area contributed by atoms with Crippen molar-refractivity contribution in [3.05, 3.63) is 44.1 Å². The standard InChI is InChI=1S/C13H14Cl2N2O2S2/c1-7-10(4-3-5-11(7)21(16,18)19)17-8(2)9-6-12(14)20-13(9)15/h3-6,8,17H,1-2H3,(H2,16,18,19). The highest BCUT2D eigenvalue weighted by atomic mass is 35.5. The number of sulfonamides is 1. The third kappa shape index (κ3) is 3.70. The molecule has 0 fully saturated rings. The molecular weight excluding hydrogens is 351 g/mol. The van der Waals surface area contributed by atoms with Crippen molar-refractivity contribution in [1.82, 2.24) is 0 Å². The number of benzene rings is 1. The lowest BCUT2D eigenvalue weighted by atomic mass is 10.1. The van der Waals surface area contributed by atoms with E-state index in [1.165, 1.54) is 17.4 Å². The second-order valence-corrected chi connectivity index (χ2v) is 8.43. The molecule has 0 saturated carbocycles. The molecule has 0 amide bonds. The molecule has 114 valence electrons. The number of nitrogens with two attached hydrogens (primary N) is 1. The van der Waals surface area contributed by atoms with Gasteiger partial charge in [0, 0.05) is 11.3 Å². The molecule has 21 heavy (non-hydrogen) atoms. The maximum absolute atomic E-state index is 11.5. The first kappa shape index (κ1) is 16.6. The second kappa shape index (κ2) is 6.14. The fraction of sp³-hybridized carbons (Fsp3) is 0.231. The smallest absolute Gasteiger partial charge is 0.238 e. The average molecular weight is 365 g/mol. The number of rotatable bonds is 4. The van der Waals surface area contributed by atoms with Gasteiger partial charge in [0.1, 0.15) is 0 Å². The number of hydrogen-bond acceptors (Lipinski definition) is 4. The van der Waals surface area contributed by atoms with Crippen molar-refractivity contribution in [2.75, 3.05) is 5.32 Å². The zero-order valence-electron chi connectivity index (χ0n) is 11.4. The Morgan fingerprint density at radius 2 is 2.00 bits per heavy atom. The van der Waals surface area contributed by atoms with Gasteiger partial charge in [-0.2, -0.15) is 0 Å². The average Bonchev–Trinajstić information content (AvgIpc) is 2.69. The SMILES string of the molecule is Cc1c(NC(C)c2cc(Cl)sc2Cl)cccc1S(N)(=O)=O. The minimum atomic E-state index is -3.75. The van der Waals surface area contributed by atoms with E-state index in [0.717, 1.165) is 5.56 Å². The number of anilines is 1. The van der Waals surface area contributed by atoms with Crippen LogP contribution in [0.15, 0.2) is 29.2 Å². The molecule has 1 heterocycles. The van der Waals surface area contributed by atoms with E-state index in [0.29, 0.717) is 19.9 Å². The normalized spacial score (nSPS) is 13.2. The summed E-state index contributed by atoms with van der Waals surface area (Å²) in [5, 5.41) is 8.44. The molecule has 1 aromatic heterocycles. The molecule has 0 aliphatic rings. The van der Waals surface area contributed by atoms with Gasteiger partial charge < -0.3 is 5.32 Å². The molecule has 2 aromatic rings. The summed E-state index contributed by atoms with van der Waals surface area (Å²) in [5.74, 6) is 0. The van der Waals surface area contributed by atoms with Crippen molar-refractivity contribution in [3.8, 4) is 0 Å². The summed E-state index contributed by atoms with van der Waals surface area (Å²) < 4.78 is 24.3. The van der Waals surface area contributed by atoms with Crippen LogP contribution in [0.25, 0.3) is 0 Å². The van der Waals surface area contributed by atoms with E-state index in [-0.39, 0.29) is 10.9 Å². The Balaban J connectivity index is 2.34. The second-order valence-electron chi connectivity index (χ2n) is 4.62. The molecule has 0 bridgehead atoms. The van der Waals surface area contributed by atoms with E-state index in [1.807, 2.05) is 6.92 Å². The lowest BCUT2D eigenvalue weighted by molar-refractivity contribution is 0.597. The van der Waals surface area contributed by atoms with Crippen molar-refractivity contribution in [2.45, 2.75) is 24.8 Å². The maximum Gasteiger partial charge on any atom is 0.238 e. The van der Waals surface area contributed by atoms with Crippen LogP contribution in [-0.4, -0.2) is 8.42 Å². The molecule has 3 N–H and O–H groups in total. The third-order valence-corrected chi connectivity index (χ3v) is 5.69. The Hall–Kier alpha value is -0.790. The van der Waals surface area contributed by atoms with Gasteiger partial charge >= 0.3 is 0 Å². The predicted molar refractivity (Wildman–Crippen MR) is 88.9 cm³/mol. The van der Waals surface area contributed by atoms with E-state index in [1.54, 1.807) is 25.1 Å². The number of hydrogen-bond donors (Lipinski definition) is 2. The fourth-order valence-corrected chi connectivity index (χ4v) is 4.49. The molecule has 8 heteroatoms. The van der Waals surface area contributed by atoms with Gasteiger partial charge in [-0.25, -0.2) is 13.6 Å². The number of halogens is 2. The lowest BCUT2D eigenvalue weighted by Crippen LogP contribution is -2.15. The molecule has 0 aliphatic carbocycles. The van der Waals surface area contributed by atoms with E-state index < -0.39 is 10.0 Å². The summed E-state index contributed by atoms with van der Waals surface area (Å²) in [6.45, 7) is 3.63. The van der Waals surface area contributed by atoms with Gasteiger partial charge in [0.2, 0.25) is 10.0 Å². The highest BCUT2D eigenvalue weighted by Crippen LogP contribution is 2.36. The van der Waals surface area contributed by atoms with E-state index in [9.17, 15) is 8.42 Å². The minimum absolute atomic E-state index is 0.106. The molecule has 0 radical (unpaired) electrons. The van der Waals surface area contributed by atoms with Crippen molar-refractivity contribution >= 4 is 50.2 Å². The summed E-state index contributed by atoms with van der Waals surface area (Å²) in [7, 11) is -3.75. The van der Waals surface area contributed by atoms with Crippen LogP contribution < -0.4 is 10.5 Å². The van der Waals surface area contributed by atoms with Crippen LogP contribution in [0.5, 0.6) is 0 Å². The van der Waals surface area contributed by atoms with Crippen molar-refractivity contribution < 1.29 is 8.42 Å². The summed E-state index contributed by atoms with van der Waals surface area (Å²) in [6.07, 6.45) is 0. The van der Waals surface area contributed by atoms with Crippen molar-refractivity contribution in [3.63, 3.8) is 0 Å². The Morgan fingerprint density at radius 3 is 2.52 bits per heavy atom. The monoisotopic (exact) mass is 364 g/mol. The Kier molecular flexibility index (Phi) is 4.85. The summed E-state index contributed by atoms with van der Waals surface area (Å²) in [4.78, 5) is 0.106. The van der Waals surface area contributed by atoms with E-state index in [4.69, 9.17) is 28.3 Å². The van der Waals surface area contributed by atoms with Gasteiger partial charge in [0.25, 0.3) is 0 Å². The third-order valence-electron chi connectivity index (χ3n) is 3.11. The molecule has 2 rings (SSSR count). The first-order valence-electron chi connectivity index (χ1n) is 6.04. The summed E-state index contributed by atoms with van der Waals surface area (Å²) in [6, 6.07) is 6.60. The zero-order valence-corrected chi connectivity index (χ0v) is 14.5. The van der Waals surface area contributed by atoms with Gasteiger partial charge in [0.05, 0.1) is 19.6 Å². The number of primary sulfonamides is 1. The van der Waals surface area contributed by atoms with Gasteiger partial charge in [-0.3, -0.25) is 0 Å². The molecule has 1 aromatic carbocycles. The quantitative estimate of drug-likeness (QED) is 0.854. The van der Waals surface area contributed by atoms with Gasteiger partial charge in [-0.1, -0.05) is 29.3 Å². The summed E-state index contributed by atoms with van der Waals surface area (Å²) >= 11 is 13.4. The van der Waals surface area contributed by atoms with Gasteiger partial charge in [-0.15, -0.1) is 11.3 Å². The van der Waals surface area contributed by atoms with Gasteiger partial charge in [-0.05, 0) is 37.6 Å². The van der Waals surface area contributed by atoms with Crippen LogP contribution in [0.1, 0.15) is 24.1 Å². The Labute approximate surface area is 137 Å². The van der Waals surface area contributed by atoms with Crippen LogP contribution in [-0.2, 0) is 10.0 Å². The minimum Gasteiger partial charge on any atom is -0.378 e. The first-order valence-corrected chi connectivity index (χ1v) is 9.15. The van der Waals surface area contributed by atoms with Crippen LogP contribution in [0.2, 0.25) is 8.67 Å². The molecule has 1 atom stereocenters. The van der Waals surface area contributed by atoms with Crippen LogP contribution in [0.3, 0.4) is 0 Å². The molecular formula is C13H14Cl2N2O2S2. The van der Waals surface area contributed by atoms with Crippen LogP contribution in [0.4, 0.5) is 5.69 Å². The van der Waals surface area contributed by atoms with Crippen molar-refractivity contribution in [1.29, 1.82) is 0 Å². The molecule has 0 aliphatic heterocycles. The first-order chi connectivity index (χ1) is 9.70. The van der Waals surface area contributed by atoms with Crippen molar-refractivity contribution in [2.24, 2.45) is 5.14 Å². The van der Waals surface area contributed by atoms with Gasteiger partial charge in [0.15, 0.2) is 0 Å². The number of thiophene rings is 1. The molecule has 4 nitrogen and oxygen atoms in total. The van der Waals surface area contributed by atoms with E-state index >= 15 is 0 Å². The summed E-state index contributed by atoms with van der Waals surface area (Å²) in [5.41, 5.74) is 2.13. The topological polar surface area (TPSA) is 72.2 Å². The Morgan fingerprint density at radius 1 is 1.33 bits per heavy atom. The Bertz CT molecular complexity index is 772. The highest BCUT2D eigenvalue weighted by molar-refractivity contribution is 7.89. The highest BCUT2D eigenvalue weighted by Gasteiger charge is 2.17. The maximum atomic E-state index is 11.5. The number of nitrogens with one attached hydrogen (secondary N) is 1. The zero-order chi connectivity index (χ0) is 15.8. The molecule has 0 spiro atoms. The largest absolute Gasteiger partial charge is 0.378 e.